The monoisotopic (exact) mass is 244 g/mol. The standard InChI is InChI=1S/C14H16N2O2/c1-9-2-5-13(11(6-9)8-15)16-12-4-3-10(7-12)14(17)18/h2,5-6,10,12,16H,3-4,7H2,1H3,(H,17,18)/t10-,12+/m1/s1. The van der Waals surface area contributed by atoms with E-state index in [1.165, 1.54) is 0 Å². The Bertz CT molecular complexity index is 505. The van der Waals surface area contributed by atoms with Crippen molar-refractivity contribution in [2.24, 2.45) is 5.92 Å². The van der Waals surface area contributed by atoms with Gasteiger partial charge in [0.2, 0.25) is 0 Å². The van der Waals surface area contributed by atoms with Gasteiger partial charge in [0.15, 0.2) is 0 Å². The maximum atomic E-state index is 10.9. The highest BCUT2D eigenvalue weighted by Crippen LogP contribution is 2.29. The molecule has 0 aromatic heterocycles. The van der Waals surface area contributed by atoms with E-state index in [1.54, 1.807) is 0 Å². The van der Waals surface area contributed by atoms with Crippen molar-refractivity contribution in [3.05, 3.63) is 29.3 Å². The minimum atomic E-state index is -0.719. The lowest BCUT2D eigenvalue weighted by molar-refractivity contribution is -0.141. The zero-order valence-corrected chi connectivity index (χ0v) is 10.3. The average Bonchev–Trinajstić information content (AvgIpc) is 2.80. The molecule has 1 aromatic carbocycles. The second kappa shape index (κ2) is 5.09. The van der Waals surface area contributed by atoms with Crippen molar-refractivity contribution in [1.29, 1.82) is 5.26 Å². The number of hydrogen-bond donors (Lipinski definition) is 2. The summed E-state index contributed by atoms with van der Waals surface area (Å²) in [5, 5.41) is 21.3. The molecule has 1 aromatic rings. The first-order valence-electron chi connectivity index (χ1n) is 6.10. The summed E-state index contributed by atoms with van der Waals surface area (Å²) in [4.78, 5) is 10.9. The maximum absolute atomic E-state index is 10.9. The molecule has 94 valence electrons. The summed E-state index contributed by atoms with van der Waals surface area (Å²) >= 11 is 0. The van der Waals surface area contributed by atoms with E-state index in [2.05, 4.69) is 11.4 Å². The number of benzene rings is 1. The van der Waals surface area contributed by atoms with Gasteiger partial charge in [0.1, 0.15) is 6.07 Å². The van der Waals surface area contributed by atoms with Gasteiger partial charge in [0.25, 0.3) is 0 Å². The molecule has 0 radical (unpaired) electrons. The highest BCUT2D eigenvalue weighted by Gasteiger charge is 2.29. The third-order valence-corrected chi connectivity index (χ3v) is 3.44. The van der Waals surface area contributed by atoms with Crippen LogP contribution in [0, 0.1) is 24.2 Å². The number of nitrogens with one attached hydrogen (secondary N) is 1. The fraction of sp³-hybridized carbons (Fsp3) is 0.429. The summed E-state index contributed by atoms with van der Waals surface area (Å²) in [6.07, 6.45) is 2.19. The number of nitriles is 1. The van der Waals surface area contributed by atoms with Crippen LogP contribution in [0.2, 0.25) is 0 Å². The van der Waals surface area contributed by atoms with Crippen LogP contribution in [0.1, 0.15) is 30.4 Å². The number of hydrogen-bond acceptors (Lipinski definition) is 3. The number of carboxylic acid groups (broad SMARTS) is 1. The topological polar surface area (TPSA) is 73.1 Å². The van der Waals surface area contributed by atoms with Crippen molar-refractivity contribution in [3.8, 4) is 6.07 Å². The molecule has 2 rings (SSSR count). The molecule has 0 saturated heterocycles. The highest BCUT2D eigenvalue weighted by molar-refractivity contribution is 5.70. The van der Waals surface area contributed by atoms with Gasteiger partial charge in [-0.1, -0.05) is 6.07 Å². The molecule has 0 heterocycles. The third kappa shape index (κ3) is 2.62. The van der Waals surface area contributed by atoms with E-state index in [1.807, 2.05) is 25.1 Å². The fourth-order valence-corrected chi connectivity index (χ4v) is 2.43. The fourth-order valence-electron chi connectivity index (χ4n) is 2.43. The number of nitrogens with zero attached hydrogens (tertiary/aromatic N) is 1. The molecule has 0 unspecified atom stereocenters. The molecule has 4 nitrogen and oxygen atoms in total. The van der Waals surface area contributed by atoms with Crippen molar-refractivity contribution in [2.75, 3.05) is 5.32 Å². The van der Waals surface area contributed by atoms with Crippen LogP contribution < -0.4 is 5.32 Å². The van der Waals surface area contributed by atoms with E-state index < -0.39 is 5.97 Å². The Balaban J connectivity index is 2.07. The van der Waals surface area contributed by atoms with E-state index in [0.717, 1.165) is 17.7 Å². The molecule has 4 heteroatoms. The predicted octanol–water partition coefficient (Wildman–Crippen LogP) is 2.53. The molecule has 0 amide bonds. The lowest BCUT2D eigenvalue weighted by Gasteiger charge is -2.15. The largest absolute Gasteiger partial charge is 0.481 e. The molecule has 0 bridgehead atoms. The van der Waals surface area contributed by atoms with E-state index in [4.69, 9.17) is 10.4 Å². The summed E-state index contributed by atoms with van der Waals surface area (Å²) in [6, 6.07) is 8.00. The van der Waals surface area contributed by atoms with Gasteiger partial charge < -0.3 is 10.4 Å². The Morgan fingerprint density at radius 1 is 1.50 bits per heavy atom. The molecule has 1 aliphatic carbocycles. The molecule has 1 fully saturated rings. The average molecular weight is 244 g/mol. The predicted molar refractivity (Wildman–Crippen MR) is 68.3 cm³/mol. The second-order valence-corrected chi connectivity index (χ2v) is 4.85. The van der Waals surface area contributed by atoms with Crippen LogP contribution in [0.5, 0.6) is 0 Å². The maximum Gasteiger partial charge on any atom is 0.306 e. The minimum Gasteiger partial charge on any atom is -0.481 e. The molecular weight excluding hydrogens is 228 g/mol. The lowest BCUT2D eigenvalue weighted by atomic mass is 10.1. The Kier molecular flexibility index (Phi) is 3.52. The van der Waals surface area contributed by atoms with Crippen LogP contribution in [0.4, 0.5) is 5.69 Å². The number of anilines is 1. The van der Waals surface area contributed by atoms with Crippen molar-refractivity contribution in [1.82, 2.24) is 0 Å². The number of rotatable bonds is 3. The number of aliphatic carboxylic acids is 1. The van der Waals surface area contributed by atoms with E-state index in [9.17, 15) is 4.79 Å². The van der Waals surface area contributed by atoms with Gasteiger partial charge in [-0.15, -0.1) is 0 Å². The lowest BCUT2D eigenvalue weighted by Crippen LogP contribution is -2.18. The SMILES string of the molecule is Cc1ccc(N[C@H]2CC[C@@H](C(=O)O)C2)c(C#N)c1. The summed E-state index contributed by atoms with van der Waals surface area (Å²) in [5.74, 6) is -0.970. The molecule has 2 N–H and O–H groups in total. The van der Waals surface area contributed by atoms with Crippen molar-refractivity contribution < 1.29 is 9.90 Å². The number of aryl methyl sites for hydroxylation is 1. The summed E-state index contributed by atoms with van der Waals surface area (Å²) < 4.78 is 0. The van der Waals surface area contributed by atoms with Gasteiger partial charge in [-0.2, -0.15) is 5.26 Å². The van der Waals surface area contributed by atoms with Crippen molar-refractivity contribution in [2.45, 2.75) is 32.2 Å². The quantitative estimate of drug-likeness (QED) is 0.857. The van der Waals surface area contributed by atoms with Crippen LogP contribution >= 0.6 is 0 Å². The third-order valence-electron chi connectivity index (χ3n) is 3.44. The smallest absolute Gasteiger partial charge is 0.306 e. The van der Waals surface area contributed by atoms with Crippen LogP contribution in [-0.4, -0.2) is 17.1 Å². The summed E-state index contributed by atoms with van der Waals surface area (Å²) in [7, 11) is 0. The molecule has 2 atom stereocenters. The zero-order valence-electron chi connectivity index (χ0n) is 10.3. The first-order chi connectivity index (χ1) is 8.60. The molecular formula is C14H16N2O2. The molecule has 0 spiro atoms. The highest BCUT2D eigenvalue weighted by atomic mass is 16.4. The van der Waals surface area contributed by atoms with Gasteiger partial charge in [0.05, 0.1) is 17.2 Å². The molecule has 1 saturated carbocycles. The number of carboxylic acids is 1. The van der Waals surface area contributed by atoms with E-state index in [-0.39, 0.29) is 12.0 Å². The van der Waals surface area contributed by atoms with Crippen LogP contribution in [0.3, 0.4) is 0 Å². The molecule has 0 aliphatic heterocycles. The summed E-state index contributed by atoms with van der Waals surface area (Å²) in [5.41, 5.74) is 2.47. The first kappa shape index (κ1) is 12.4. The number of carbonyl (C=O) groups is 1. The first-order valence-corrected chi connectivity index (χ1v) is 6.10. The summed E-state index contributed by atoms with van der Waals surface area (Å²) in [6.45, 7) is 1.95. The van der Waals surface area contributed by atoms with Crippen molar-refractivity contribution >= 4 is 11.7 Å². The Morgan fingerprint density at radius 2 is 2.28 bits per heavy atom. The van der Waals surface area contributed by atoms with E-state index >= 15 is 0 Å². The molecule has 1 aliphatic rings. The van der Waals surface area contributed by atoms with E-state index in [0.29, 0.717) is 18.4 Å². The van der Waals surface area contributed by atoms with Gasteiger partial charge in [0, 0.05) is 6.04 Å². The molecule has 18 heavy (non-hydrogen) atoms. The Labute approximate surface area is 106 Å². The van der Waals surface area contributed by atoms with Gasteiger partial charge in [-0.3, -0.25) is 4.79 Å². The normalized spacial score (nSPS) is 22.4. The van der Waals surface area contributed by atoms with Gasteiger partial charge >= 0.3 is 5.97 Å². The Hall–Kier alpha value is -2.02. The second-order valence-electron chi connectivity index (χ2n) is 4.85. The zero-order chi connectivity index (χ0) is 13.1. The Morgan fingerprint density at radius 3 is 2.89 bits per heavy atom. The van der Waals surface area contributed by atoms with Crippen LogP contribution in [0.15, 0.2) is 18.2 Å². The van der Waals surface area contributed by atoms with Crippen molar-refractivity contribution in [3.63, 3.8) is 0 Å². The van der Waals surface area contributed by atoms with Crippen LogP contribution in [-0.2, 0) is 4.79 Å². The van der Waals surface area contributed by atoms with Gasteiger partial charge in [-0.25, -0.2) is 0 Å². The van der Waals surface area contributed by atoms with Gasteiger partial charge in [-0.05, 0) is 43.9 Å². The minimum absolute atomic E-state index is 0.154. The van der Waals surface area contributed by atoms with Crippen LogP contribution in [0.25, 0.3) is 0 Å².